The maximum Gasteiger partial charge on any atom is 0.481 e. The van der Waals surface area contributed by atoms with Crippen LogP contribution in [0.1, 0.15) is 18.6 Å². The first kappa shape index (κ1) is 34.1. The van der Waals surface area contributed by atoms with Gasteiger partial charge in [-0.2, -0.15) is 0 Å². The molecule has 1 aliphatic carbocycles. The largest absolute Gasteiger partial charge is 0.481 e. The second-order valence-corrected chi connectivity index (χ2v) is 15.1. The molecule has 2 aliphatic heterocycles. The Balaban J connectivity index is 1.25. The lowest BCUT2D eigenvalue weighted by Crippen LogP contribution is -2.64. The quantitative estimate of drug-likeness (QED) is 0.123. The van der Waals surface area contributed by atoms with Crippen LogP contribution in [0, 0.1) is 11.8 Å². The highest BCUT2D eigenvalue weighted by molar-refractivity contribution is 8.08. The van der Waals surface area contributed by atoms with Crippen molar-refractivity contribution in [1.82, 2.24) is 15.3 Å². The molecule has 2 saturated heterocycles. The first-order valence-electron chi connectivity index (χ1n) is 13.1. The number of nitrogens with one attached hydrogen (secondary N) is 1. The molecule has 18 nitrogen and oxygen atoms in total. The van der Waals surface area contributed by atoms with Crippen molar-refractivity contribution in [1.29, 1.82) is 0 Å². The highest BCUT2D eigenvalue weighted by Gasteiger charge is 2.74. The highest BCUT2D eigenvalue weighted by Crippen LogP contribution is 2.65. The number of aliphatic hydroxyl groups is 4. The Hall–Kier alpha value is -1.29. The van der Waals surface area contributed by atoms with E-state index in [0.717, 1.165) is 0 Å². The minimum Gasteiger partial charge on any atom is -0.458 e. The Bertz CT molecular complexity index is 1480. The summed E-state index contributed by atoms with van der Waals surface area (Å²) in [6.07, 6.45) is -6.89. The second-order valence-electron chi connectivity index (χ2n) is 10.7. The Morgan fingerprint density at radius 1 is 1.30 bits per heavy atom. The molecule has 248 valence electrons. The summed E-state index contributed by atoms with van der Waals surface area (Å²) in [6, 6.07) is -0.614. The van der Waals surface area contributed by atoms with Crippen LogP contribution in [-0.4, -0.2) is 116 Å². The zero-order valence-corrected chi connectivity index (χ0v) is 26.0. The minimum atomic E-state index is -5.33. The number of likely N-dealkylation sites (N-methyl/N-ethyl adjacent to an activating group) is 1. The van der Waals surface area contributed by atoms with Gasteiger partial charge in [0.05, 0.1) is 49.6 Å². The van der Waals surface area contributed by atoms with Gasteiger partial charge in [0.2, 0.25) is 0 Å². The molecular formula is C22H33FN4O14P2S. The van der Waals surface area contributed by atoms with Gasteiger partial charge < -0.3 is 64.4 Å². The summed E-state index contributed by atoms with van der Waals surface area (Å²) >= 11 is 4.91. The fraction of sp³-hybridized carbons (Fsp3) is 0.727. The lowest BCUT2D eigenvalue weighted by atomic mass is 9.87. The molecule has 0 spiro atoms. The number of alkyl halides is 1. The number of methoxy groups -OCH3 is 1. The van der Waals surface area contributed by atoms with E-state index in [1.54, 1.807) is 14.0 Å². The molecule has 3 aliphatic rings. The van der Waals surface area contributed by atoms with E-state index in [9.17, 15) is 34.1 Å². The van der Waals surface area contributed by atoms with Gasteiger partial charge in [0, 0.05) is 12.7 Å². The molecule has 0 bridgehead atoms. The zero-order valence-electron chi connectivity index (χ0n) is 23.4. The first-order chi connectivity index (χ1) is 20.5. The third-order valence-corrected chi connectivity index (χ3v) is 11.8. The predicted molar refractivity (Wildman–Crippen MR) is 147 cm³/mol. The number of phosphoric ester groups is 1. The minimum absolute atomic E-state index is 0.115. The summed E-state index contributed by atoms with van der Waals surface area (Å²) in [5.74, 6) is -5.80. The number of furan rings is 1. The van der Waals surface area contributed by atoms with Gasteiger partial charge in [-0.25, -0.2) is 23.2 Å². The summed E-state index contributed by atoms with van der Waals surface area (Å²) in [7, 11) is -2.25. The number of rotatable bonds is 12. The molecule has 13 atom stereocenters. The number of hydrogen-bond acceptors (Lipinski definition) is 17. The molecule has 0 aromatic carbocycles. The van der Waals surface area contributed by atoms with E-state index in [0.29, 0.717) is 11.1 Å². The van der Waals surface area contributed by atoms with E-state index in [2.05, 4.69) is 15.3 Å². The number of aliphatic hydroxyl groups excluding tert-OH is 3. The lowest BCUT2D eigenvalue weighted by Gasteiger charge is -2.49. The summed E-state index contributed by atoms with van der Waals surface area (Å²) < 4.78 is 64.4. The van der Waals surface area contributed by atoms with Crippen LogP contribution >= 0.6 is 14.5 Å². The van der Waals surface area contributed by atoms with Gasteiger partial charge in [-0.1, -0.05) is 0 Å². The van der Waals surface area contributed by atoms with Crippen molar-refractivity contribution in [3.8, 4) is 0 Å². The molecule has 0 amide bonds. The molecule has 22 heteroatoms. The van der Waals surface area contributed by atoms with Crippen LogP contribution in [0.15, 0.2) is 17.0 Å². The first-order valence-corrected chi connectivity index (χ1v) is 17.2. The van der Waals surface area contributed by atoms with Crippen LogP contribution in [-0.2, 0) is 43.9 Å². The zero-order chi connectivity index (χ0) is 32.4. The van der Waals surface area contributed by atoms with Crippen LogP contribution in [0.2, 0.25) is 0 Å². The van der Waals surface area contributed by atoms with E-state index < -0.39 is 93.9 Å². The molecule has 2 aromatic rings. The number of hydrogen-bond donors (Lipinski definition) is 8. The second kappa shape index (κ2) is 12.1. The van der Waals surface area contributed by atoms with Crippen molar-refractivity contribution in [3.63, 3.8) is 0 Å². The number of nitrogen functional groups attached to an aromatic ring is 1. The Labute approximate surface area is 254 Å². The molecule has 1 saturated carbocycles. The average Bonchev–Trinajstić information content (AvgIpc) is 3.53. The van der Waals surface area contributed by atoms with Crippen molar-refractivity contribution in [2.24, 2.45) is 11.8 Å². The van der Waals surface area contributed by atoms with Crippen LogP contribution in [0.5, 0.6) is 0 Å². The van der Waals surface area contributed by atoms with E-state index in [-0.39, 0.29) is 11.4 Å². The Morgan fingerprint density at radius 2 is 2.00 bits per heavy atom. The third-order valence-electron chi connectivity index (χ3n) is 8.31. The van der Waals surface area contributed by atoms with Crippen LogP contribution in [0.4, 0.5) is 10.2 Å². The van der Waals surface area contributed by atoms with Gasteiger partial charge >= 0.3 is 14.5 Å². The third kappa shape index (κ3) is 5.64. The fourth-order valence-electron chi connectivity index (χ4n) is 6.20. The number of nitrogens with two attached hydrogens (primary N) is 1. The molecule has 5 rings (SSSR count). The van der Waals surface area contributed by atoms with Crippen molar-refractivity contribution in [2.75, 3.05) is 33.1 Å². The summed E-state index contributed by atoms with van der Waals surface area (Å²) in [5.41, 5.74) is 5.91. The van der Waals surface area contributed by atoms with Gasteiger partial charge in [-0.15, -0.1) is 0 Å². The number of halogens is 1. The number of nitrogens with zero attached hydrogens (tertiary/aromatic N) is 2. The maximum atomic E-state index is 14.1. The van der Waals surface area contributed by atoms with Crippen molar-refractivity contribution >= 4 is 43.3 Å². The fourth-order valence-corrected chi connectivity index (χ4v) is 9.30. The molecule has 4 heterocycles. The monoisotopic (exact) mass is 690 g/mol. The van der Waals surface area contributed by atoms with E-state index in [1.165, 1.54) is 19.7 Å². The van der Waals surface area contributed by atoms with Gasteiger partial charge in [-0.05, 0) is 25.8 Å². The van der Waals surface area contributed by atoms with Crippen LogP contribution < -0.4 is 11.1 Å². The van der Waals surface area contributed by atoms with Crippen molar-refractivity contribution in [2.45, 2.75) is 61.2 Å². The number of phosphoric acid groups is 1. The van der Waals surface area contributed by atoms with E-state index in [1.807, 2.05) is 0 Å². The Kier molecular flexibility index (Phi) is 9.33. The SMILES string of the molecule is CN[C@@H]1[C@@H](COP(O)(=S)OP(=O)(O)OC2OC3(O)C2C(O)C(O)C3[C@@H](F)CO)O[C@@H](c2coc3c(N)ncnc23)[C@]1(C)OC. The average molecular weight is 691 g/mol. The van der Waals surface area contributed by atoms with Crippen molar-refractivity contribution < 1.29 is 71.2 Å². The standard InChI is InChI=1S/C22H33FN4O14P2S/c1-21(35-3)17(25-2)10(38-18(21)8-5-36-16-13(8)26-7-27-19(16)24)6-37-43(34,44)41-42(32,33)40-20-12-15(30)14(29)11(9(23)4-28)22(12,31)39-20/h5,7,9-12,14-15,17-18,20,25,28-31H,4,6H2,1-3H3,(H,32,33)(H,34,44)(H2,24,26,27)/t9-,10+,11?,12?,14?,15?,17+,18-,20?,21+,22?,43?/m0/s1. The van der Waals surface area contributed by atoms with E-state index >= 15 is 0 Å². The highest BCUT2D eigenvalue weighted by atomic mass is 32.5. The predicted octanol–water partition coefficient (Wildman–Crippen LogP) is -1.05. The maximum absolute atomic E-state index is 14.1. The van der Waals surface area contributed by atoms with Crippen molar-refractivity contribution in [3.05, 3.63) is 18.2 Å². The molecule has 3 fully saturated rings. The van der Waals surface area contributed by atoms with Gasteiger partial charge in [0.1, 0.15) is 35.8 Å². The van der Waals surface area contributed by atoms with Gasteiger partial charge in [-0.3, -0.25) is 4.52 Å². The molecule has 2 aromatic heterocycles. The topological polar surface area (TPSA) is 271 Å². The molecule has 0 radical (unpaired) electrons. The van der Waals surface area contributed by atoms with E-state index in [4.69, 9.17) is 54.6 Å². The summed E-state index contributed by atoms with van der Waals surface area (Å²) in [4.78, 5) is 29.0. The number of anilines is 1. The smallest absolute Gasteiger partial charge is 0.458 e. The molecule has 44 heavy (non-hydrogen) atoms. The lowest BCUT2D eigenvalue weighted by molar-refractivity contribution is -0.426. The Morgan fingerprint density at radius 3 is 2.64 bits per heavy atom. The normalized spacial score (nSPS) is 40.3. The van der Waals surface area contributed by atoms with Crippen LogP contribution in [0.25, 0.3) is 11.1 Å². The summed E-state index contributed by atoms with van der Waals surface area (Å²) in [5, 5.41) is 43.2. The number of aromatic nitrogens is 2. The van der Waals surface area contributed by atoms with Crippen LogP contribution in [0.3, 0.4) is 0 Å². The number of ether oxygens (including phenoxy) is 3. The molecule has 8 unspecified atom stereocenters. The summed E-state index contributed by atoms with van der Waals surface area (Å²) in [6.45, 7) is -4.39. The van der Waals surface area contributed by atoms with Gasteiger partial charge in [0.25, 0.3) is 0 Å². The number of fused-ring (bicyclic) bond motifs is 2. The molecule has 9 N–H and O–H groups in total. The van der Waals surface area contributed by atoms with Gasteiger partial charge in [0.15, 0.2) is 23.5 Å². The molecular weight excluding hydrogens is 657 g/mol.